The van der Waals surface area contributed by atoms with Crippen molar-refractivity contribution in [3.05, 3.63) is 53.1 Å². The molecular formula is C19H25ClIN3O3. The molecule has 1 unspecified atom stereocenters. The van der Waals surface area contributed by atoms with Gasteiger partial charge in [0, 0.05) is 24.2 Å². The maximum absolute atomic E-state index is 9.93. The lowest BCUT2D eigenvalue weighted by atomic mass is 10.2. The molecule has 0 saturated heterocycles. The van der Waals surface area contributed by atoms with Crippen LogP contribution in [0.1, 0.15) is 12.5 Å². The molecule has 0 aliphatic carbocycles. The summed E-state index contributed by atoms with van der Waals surface area (Å²) in [6, 6.07) is 12.3. The molecule has 0 heterocycles. The molecule has 0 radical (unpaired) electrons. The van der Waals surface area contributed by atoms with Gasteiger partial charge in [-0.1, -0.05) is 11.6 Å². The third-order valence-electron chi connectivity index (χ3n) is 3.66. The van der Waals surface area contributed by atoms with Gasteiger partial charge in [-0.05, 0) is 49.4 Å². The Kier molecular flexibility index (Phi) is 10.1. The third kappa shape index (κ3) is 7.72. The van der Waals surface area contributed by atoms with E-state index in [4.69, 9.17) is 21.1 Å². The van der Waals surface area contributed by atoms with Crippen LogP contribution < -0.4 is 20.1 Å². The number of nitrogens with zero attached hydrogens (tertiary/aromatic N) is 1. The van der Waals surface area contributed by atoms with Crippen molar-refractivity contribution in [3.8, 4) is 17.2 Å². The summed E-state index contributed by atoms with van der Waals surface area (Å²) in [7, 11) is 3.28. The normalized spacial score (nSPS) is 11.9. The summed E-state index contributed by atoms with van der Waals surface area (Å²) in [5.41, 5.74) is 0.720. The number of phenols is 1. The summed E-state index contributed by atoms with van der Waals surface area (Å²) in [5.74, 6) is 2.26. The number of rotatable bonds is 7. The van der Waals surface area contributed by atoms with Crippen LogP contribution in [0.2, 0.25) is 5.02 Å². The standard InChI is InChI=1S/C19H24ClN3O3.HI/c1-13(26-16-6-4-15(20)5-7-16)11-22-19(21-2)23-12-14-10-17(25-3)8-9-18(14)24;/h4-10,13,24H,11-12H2,1-3H3,(H2,21,22,23);1H. The Labute approximate surface area is 182 Å². The monoisotopic (exact) mass is 505 g/mol. The fraction of sp³-hybridized carbons (Fsp3) is 0.316. The van der Waals surface area contributed by atoms with Crippen LogP contribution in [0.25, 0.3) is 0 Å². The zero-order chi connectivity index (χ0) is 18.9. The van der Waals surface area contributed by atoms with Gasteiger partial charge in [0.25, 0.3) is 0 Å². The SMILES string of the molecule is CN=C(NCc1cc(OC)ccc1O)NCC(C)Oc1ccc(Cl)cc1.I. The van der Waals surface area contributed by atoms with E-state index in [1.54, 1.807) is 44.5 Å². The number of hydrogen-bond acceptors (Lipinski definition) is 4. The molecule has 8 heteroatoms. The summed E-state index contributed by atoms with van der Waals surface area (Å²) >= 11 is 5.87. The number of phenolic OH excluding ortho intramolecular Hbond substituents is 1. The van der Waals surface area contributed by atoms with Gasteiger partial charge in [-0.3, -0.25) is 4.99 Å². The number of ether oxygens (including phenoxy) is 2. The Bertz CT molecular complexity index is 741. The lowest BCUT2D eigenvalue weighted by Gasteiger charge is -2.18. The Morgan fingerprint density at radius 2 is 1.81 bits per heavy atom. The predicted octanol–water partition coefficient (Wildman–Crippen LogP) is 3.80. The number of guanidine groups is 1. The van der Waals surface area contributed by atoms with Crippen LogP contribution >= 0.6 is 35.6 Å². The summed E-state index contributed by atoms with van der Waals surface area (Å²) in [4.78, 5) is 4.17. The van der Waals surface area contributed by atoms with E-state index in [9.17, 15) is 5.11 Å². The minimum atomic E-state index is -0.0695. The fourth-order valence-corrected chi connectivity index (χ4v) is 2.38. The van der Waals surface area contributed by atoms with Crippen LogP contribution in [0.4, 0.5) is 0 Å². The van der Waals surface area contributed by atoms with Gasteiger partial charge in [0.2, 0.25) is 0 Å². The molecule has 3 N–H and O–H groups in total. The van der Waals surface area contributed by atoms with Crippen molar-refractivity contribution in [2.75, 3.05) is 20.7 Å². The number of hydrogen-bond donors (Lipinski definition) is 3. The maximum Gasteiger partial charge on any atom is 0.191 e. The number of aliphatic imine (C=N–C) groups is 1. The van der Waals surface area contributed by atoms with Crippen molar-refractivity contribution in [3.63, 3.8) is 0 Å². The summed E-state index contributed by atoms with van der Waals surface area (Å²) in [6.07, 6.45) is -0.0695. The van der Waals surface area contributed by atoms with Gasteiger partial charge in [-0.25, -0.2) is 0 Å². The number of aromatic hydroxyl groups is 1. The van der Waals surface area contributed by atoms with E-state index in [2.05, 4.69) is 15.6 Å². The highest BCUT2D eigenvalue weighted by Crippen LogP contribution is 2.22. The molecule has 0 spiro atoms. The van der Waals surface area contributed by atoms with Crippen molar-refractivity contribution < 1.29 is 14.6 Å². The van der Waals surface area contributed by atoms with Crippen LogP contribution in [0.15, 0.2) is 47.5 Å². The molecule has 2 aromatic rings. The lowest BCUT2D eigenvalue weighted by molar-refractivity contribution is 0.224. The van der Waals surface area contributed by atoms with Crippen molar-refractivity contribution in [1.29, 1.82) is 0 Å². The minimum absolute atomic E-state index is 0. The van der Waals surface area contributed by atoms with Crippen LogP contribution in [-0.4, -0.2) is 37.9 Å². The molecule has 27 heavy (non-hydrogen) atoms. The third-order valence-corrected chi connectivity index (χ3v) is 3.92. The quantitative estimate of drug-likeness (QED) is 0.303. The molecule has 0 aliphatic heterocycles. The minimum Gasteiger partial charge on any atom is -0.508 e. The zero-order valence-corrected chi connectivity index (χ0v) is 18.6. The van der Waals surface area contributed by atoms with E-state index in [0.29, 0.717) is 29.8 Å². The maximum atomic E-state index is 9.93. The first-order chi connectivity index (χ1) is 12.5. The summed E-state index contributed by atoms with van der Waals surface area (Å²) in [6.45, 7) is 2.93. The van der Waals surface area contributed by atoms with E-state index in [1.807, 2.05) is 19.1 Å². The summed E-state index contributed by atoms with van der Waals surface area (Å²) in [5, 5.41) is 17.0. The van der Waals surface area contributed by atoms with Crippen LogP contribution in [-0.2, 0) is 6.54 Å². The first-order valence-electron chi connectivity index (χ1n) is 8.24. The Hall–Kier alpha value is -1.87. The van der Waals surface area contributed by atoms with Crippen molar-refractivity contribution in [2.24, 2.45) is 4.99 Å². The molecular weight excluding hydrogens is 481 g/mol. The van der Waals surface area contributed by atoms with E-state index < -0.39 is 0 Å². The first kappa shape index (κ1) is 23.2. The summed E-state index contributed by atoms with van der Waals surface area (Å²) < 4.78 is 11.0. The number of methoxy groups -OCH3 is 1. The van der Waals surface area contributed by atoms with E-state index >= 15 is 0 Å². The topological polar surface area (TPSA) is 75.1 Å². The molecule has 1 atom stereocenters. The largest absolute Gasteiger partial charge is 0.508 e. The molecule has 0 aromatic heterocycles. The second-order valence-corrected chi connectivity index (χ2v) is 6.12. The molecule has 0 aliphatic rings. The van der Waals surface area contributed by atoms with Crippen LogP contribution in [0, 0.1) is 0 Å². The molecule has 0 amide bonds. The van der Waals surface area contributed by atoms with Gasteiger partial charge in [0.15, 0.2) is 5.96 Å². The smallest absolute Gasteiger partial charge is 0.191 e. The fourth-order valence-electron chi connectivity index (χ4n) is 2.26. The van der Waals surface area contributed by atoms with Crippen LogP contribution in [0.5, 0.6) is 17.2 Å². The van der Waals surface area contributed by atoms with Crippen LogP contribution in [0.3, 0.4) is 0 Å². The van der Waals surface area contributed by atoms with E-state index in [-0.39, 0.29) is 35.8 Å². The van der Waals surface area contributed by atoms with E-state index in [1.165, 1.54) is 0 Å². The molecule has 0 saturated carbocycles. The Morgan fingerprint density at radius 3 is 2.44 bits per heavy atom. The van der Waals surface area contributed by atoms with Crippen molar-refractivity contribution in [2.45, 2.75) is 19.6 Å². The van der Waals surface area contributed by atoms with Crippen molar-refractivity contribution >= 4 is 41.5 Å². The van der Waals surface area contributed by atoms with Gasteiger partial charge in [-0.15, -0.1) is 24.0 Å². The van der Waals surface area contributed by atoms with Crippen molar-refractivity contribution in [1.82, 2.24) is 10.6 Å². The molecule has 2 aromatic carbocycles. The van der Waals surface area contributed by atoms with E-state index in [0.717, 1.165) is 11.3 Å². The van der Waals surface area contributed by atoms with Gasteiger partial charge < -0.3 is 25.2 Å². The van der Waals surface area contributed by atoms with Gasteiger partial charge >= 0.3 is 0 Å². The number of halogens is 2. The first-order valence-corrected chi connectivity index (χ1v) is 8.62. The molecule has 6 nitrogen and oxygen atoms in total. The van der Waals surface area contributed by atoms with Gasteiger partial charge in [-0.2, -0.15) is 0 Å². The molecule has 2 rings (SSSR count). The average Bonchev–Trinajstić information content (AvgIpc) is 2.65. The molecule has 148 valence electrons. The zero-order valence-electron chi connectivity index (χ0n) is 15.5. The average molecular weight is 506 g/mol. The van der Waals surface area contributed by atoms with Gasteiger partial charge in [0.05, 0.1) is 13.7 Å². The van der Waals surface area contributed by atoms with Gasteiger partial charge in [0.1, 0.15) is 23.4 Å². The second kappa shape index (κ2) is 11.8. The Balaban J connectivity index is 0.00000364. The molecule has 0 fully saturated rings. The highest BCUT2D eigenvalue weighted by atomic mass is 127. The highest BCUT2D eigenvalue weighted by Gasteiger charge is 2.08. The highest BCUT2D eigenvalue weighted by molar-refractivity contribution is 14.0. The Morgan fingerprint density at radius 1 is 1.15 bits per heavy atom. The molecule has 0 bridgehead atoms. The lowest BCUT2D eigenvalue weighted by Crippen LogP contribution is -2.41. The second-order valence-electron chi connectivity index (χ2n) is 5.68. The number of benzene rings is 2. The predicted molar refractivity (Wildman–Crippen MR) is 120 cm³/mol. The number of nitrogens with one attached hydrogen (secondary N) is 2.